The number of hydrogen-bond acceptors (Lipinski definition) is 2. The zero-order valence-corrected chi connectivity index (χ0v) is 13.8. The molecule has 4 heteroatoms. The fourth-order valence-corrected chi connectivity index (χ4v) is 2.47. The lowest BCUT2D eigenvalue weighted by Crippen LogP contribution is -2.38. The van der Waals surface area contributed by atoms with Crippen molar-refractivity contribution in [1.29, 1.82) is 0 Å². The fraction of sp³-hybridized carbons (Fsp3) is 0.538. The third kappa shape index (κ3) is 4.12. The highest BCUT2D eigenvalue weighted by atomic mass is 79.9. The van der Waals surface area contributed by atoms with E-state index in [1.165, 1.54) is 0 Å². The standard InChI is InChI=1S/C13H22BrNOSi/c1-9(16-10(2)17(3,4)5)12-8-11(14)6-7-13(12)15/h6-10H,15H2,1-5H3. The van der Waals surface area contributed by atoms with E-state index in [2.05, 4.69) is 49.4 Å². The third-order valence-corrected chi connectivity index (χ3v) is 6.18. The number of benzene rings is 1. The second-order valence-corrected chi connectivity index (χ2v) is 12.0. The van der Waals surface area contributed by atoms with E-state index in [9.17, 15) is 0 Å². The van der Waals surface area contributed by atoms with Crippen LogP contribution in [0.4, 0.5) is 5.69 Å². The van der Waals surface area contributed by atoms with Gasteiger partial charge in [-0.25, -0.2) is 0 Å². The van der Waals surface area contributed by atoms with Gasteiger partial charge in [0.25, 0.3) is 0 Å². The van der Waals surface area contributed by atoms with Crippen molar-refractivity contribution in [3.8, 4) is 0 Å². The maximum absolute atomic E-state index is 6.10. The average molecular weight is 316 g/mol. The largest absolute Gasteiger partial charge is 0.398 e. The molecule has 2 N–H and O–H groups in total. The Morgan fingerprint density at radius 3 is 2.35 bits per heavy atom. The van der Waals surface area contributed by atoms with E-state index < -0.39 is 8.07 Å². The maximum Gasteiger partial charge on any atom is 0.0816 e. The number of rotatable bonds is 4. The van der Waals surface area contributed by atoms with Gasteiger partial charge < -0.3 is 10.5 Å². The van der Waals surface area contributed by atoms with Gasteiger partial charge in [-0.2, -0.15) is 0 Å². The van der Waals surface area contributed by atoms with E-state index >= 15 is 0 Å². The summed E-state index contributed by atoms with van der Waals surface area (Å²) < 4.78 is 7.14. The van der Waals surface area contributed by atoms with E-state index in [1.807, 2.05) is 18.2 Å². The molecule has 0 radical (unpaired) electrons. The minimum atomic E-state index is -1.26. The average Bonchev–Trinajstić information content (AvgIpc) is 2.20. The van der Waals surface area contributed by atoms with Crippen LogP contribution in [0, 0.1) is 0 Å². The molecule has 0 aliphatic heterocycles. The number of nitrogen functional groups attached to an aromatic ring is 1. The van der Waals surface area contributed by atoms with Crippen molar-refractivity contribution < 1.29 is 4.74 Å². The first-order valence-electron chi connectivity index (χ1n) is 5.92. The first-order chi connectivity index (χ1) is 7.71. The van der Waals surface area contributed by atoms with Gasteiger partial charge >= 0.3 is 0 Å². The second-order valence-electron chi connectivity index (χ2n) is 5.56. The van der Waals surface area contributed by atoms with Gasteiger partial charge in [-0.15, -0.1) is 0 Å². The number of anilines is 1. The summed E-state index contributed by atoms with van der Waals surface area (Å²) in [6.07, 6.45) is 0.0363. The lowest BCUT2D eigenvalue weighted by atomic mass is 10.1. The Morgan fingerprint density at radius 1 is 1.24 bits per heavy atom. The highest BCUT2D eigenvalue weighted by Gasteiger charge is 2.25. The quantitative estimate of drug-likeness (QED) is 0.661. The minimum absolute atomic E-state index is 0.0363. The number of nitrogens with two attached hydrogens (primary N) is 1. The molecule has 1 aromatic carbocycles. The molecular formula is C13H22BrNOSi. The van der Waals surface area contributed by atoms with E-state index in [-0.39, 0.29) is 6.10 Å². The normalized spacial score (nSPS) is 15.6. The van der Waals surface area contributed by atoms with Crippen LogP contribution in [-0.2, 0) is 4.74 Å². The van der Waals surface area contributed by atoms with Crippen molar-refractivity contribution in [3.63, 3.8) is 0 Å². The summed E-state index contributed by atoms with van der Waals surface area (Å²) in [5.74, 6) is 0. The van der Waals surface area contributed by atoms with Crippen molar-refractivity contribution in [2.24, 2.45) is 0 Å². The van der Waals surface area contributed by atoms with Crippen LogP contribution >= 0.6 is 15.9 Å². The van der Waals surface area contributed by atoms with Crippen LogP contribution in [0.25, 0.3) is 0 Å². The van der Waals surface area contributed by atoms with Crippen LogP contribution in [0.3, 0.4) is 0 Å². The molecule has 2 unspecified atom stereocenters. The molecule has 2 atom stereocenters. The van der Waals surface area contributed by atoms with Gasteiger partial charge in [0, 0.05) is 21.5 Å². The lowest BCUT2D eigenvalue weighted by Gasteiger charge is -2.29. The minimum Gasteiger partial charge on any atom is -0.398 e. The zero-order valence-electron chi connectivity index (χ0n) is 11.3. The molecule has 1 rings (SSSR count). The summed E-state index contributed by atoms with van der Waals surface area (Å²) in [5, 5.41) is 0. The summed E-state index contributed by atoms with van der Waals surface area (Å²) in [5.41, 5.74) is 8.16. The Hall–Kier alpha value is -0.323. The fourth-order valence-electron chi connectivity index (χ4n) is 1.48. The van der Waals surface area contributed by atoms with Crippen LogP contribution in [-0.4, -0.2) is 13.8 Å². The molecule has 2 nitrogen and oxygen atoms in total. The van der Waals surface area contributed by atoms with Crippen LogP contribution in [0.1, 0.15) is 25.5 Å². The monoisotopic (exact) mass is 315 g/mol. The lowest BCUT2D eigenvalue weighted by molar-refractivity contribution is 0.0458. The molecule has 1 aromatic rings. The second kappa shape index (κ2) is 5.55. The maximum atomic E-state index is 6.10. The molecule has 0 saturated heterocycles. The highest BCUT2D eigenvalue weighted by Crippen LogP contribution is 2.29. The number of hydrogen-bond donors (Lipinski definition) is 1. The van der Waals surface area contributed by atoms with Crippen molar-refractivity contribution in [2.75, 3.05) is 5.73 Å². The molecule has 17 heavy (non-hydrogen) atoms. The van der Waals surface area contributed by atoms with Gasteiger partial charge in [0.2, 0.25) is 0 Å². The number of halogens is 1. The van der Waals surface area contributed by atoms with Gasteiger partial charge in [0.05, 0.1) is 14.2 Å². The van der Waals surface area contributed by atoms with Crippen molar-refractivity contribution in [2.45, 2.75) is 45.3 Å². The van der Waals surface area contributed by atoms with Crippen LogP contribution in [0.2, 0.25) is 19.6 Å². The summed E-state index contributed by atoms with van der Waals surface area (Å²) >= 11 is 3.47. The van der Waals surface area contributed by atoms with E-state index in [0.717, 1.165) is 15.7 Å². The van der Waals surface area contributed by atoms with E-state index in [4.69, 9.17) is 10.5 Å². The van der Waals surface area contributed by atoms with Gasteiger partial charge in [0.15, 0.2) is 0 Å². The van der Waals surface area contributed by atoms with Gasteiger partial charge in [0.1, 0.15) is 0 Å². The van der Waals surface area contributed by atoms with Crippen LogP contribution in [0.15, 0.2) is 22.7 Å². The van der Waals surface area contributed by atoms with Gasteiger partial charge in [-0.1, -0.05) is 35.6 Å². The van der Waals surface area contributed by atoms with Gasteiger partial charge in [-0.05, 0) is 32.0 Å². The summed E-state index contributed by atoms with van der Waals surface area (Å²) in [4.78, 5) is 0. The Bertz CT molecular complexity index is 389. The predicted molar refractivity (Wildman–Crippen MR) is 80.9 cm³/mol. The first kappa shape index (κ1) is 14.7. The SMILES string of the molecule is CC(OC(C)[Si](C)(C)C)c1cc(Br)ccc1N. The van der Waals surface area contributed by atoms with Crippen LogP contribution < -0.4 is 5.73 Å². The molecule has 0 heterocycles. The molecule has 0 aromatic heterocycles. The molecule has 0 amide bonds. The summed E-state index contributed by atoms with van der Waals surface area (Å²) in [7, 11) is -1.26. The van der Waals surface area contributed by atoms with Gasteiger partial charge in [-0.3, -0.25) is 0 Å². The molecule has 0 spiro atoms. The smallest absolute Gasteiger partial charge is 0.0816 e. The molecule has 0 aliphatic rings. The van der Waals surface area contributed by atoms with Crippen LogP contribution in [0.5, 0.6) is 0 Å². The van der Waals surface area contributed by atoms with Crippen molar-refractivity contribution in [3.05, 3.63) is 28.2 Å². The Kier molecular flexibility index (Phi) is 4.81. The molecule has 0 saturated carbocycles. The topological polar surface area (TPSA) is 35.2 Å². The predicted octanol–water partition coefficient (Wildman–Crippen LogP) is 4.37. The Balaban J connectivity index is 2.83. The Morgan fingerprint density at radius 2 is 1.82 bits per heavy atom. The molecular weight excluding hydrogens is 294 g/mol. The zero-order chi connectivity index (χ0) is 13.2. The summed E-state index contributed by atoms with van der Waals surface area (Å²) in [6, 6.07) is 5.91. The van der Waals surface area contributed by atoms with Crippen molar-refractivity contribution >= 4 is 29.7 Å². The van der Waals surface area contributed by atoms with E-state index in [1.54, 1.807) is 0 Å². The third-order valence-electron chi connectivity index (χ3n) is 3.11. The highest BCUT2D eigenvalue weighted by molar-refractivity contribution is 9.10. The molecule has 0 bridgehead atoms. The van der Waals surface area contributed by atoms with E-state index in [0.29, 0.717) is 5.73 Å². The number of ether oxygens (including phenoxy) is 1. The molecule has 0 fully saturated rings. The first-order valence-corrected chi connectivity index (χ1v) is 10.3. The molecule has 96 valence electrons. The van der Waals surface area contributed by atoms with Crippen molar-refractivity contribution in [1.82, 2.24) is 0 Å². The molecule has 0 aliphatic carbocycles. The Labute approximate surface area is 114 Å². The summed E-state index contributed by atoms with van der Waals surface area (Å²) in [6.45, 7) is 11.2.